The van der Waals surface area contributed by atoms with E-state index in [-0.39, 0.29) is 4.90 Å². The van der Waals surface area contributed by atoms with Gasteiger partial charge < -0.3 is 0 Å². The van der Waals surface area contributed by atoms with E-state index < -0.39 is 9.05 Å². The highest BCUT2D eigenvalue weighted by Crippen LogP contribution is 2.26. The van der Waals surface area contributed by atoms with Gasteiger partial charge in [-0.1, -0.05) is 72.8 Å². The van der Waals surface area contributed by atoms with Crippen molar-refractivity contribution in [1.29, 1.82) is 0 Å². The van der Waals surface area contributed by atoms with Gasteiger partial charge >= 0.3 is 0 Å². The van der Waals surface area contributed by atoms with Crippen LogP contribution in [-0.4, -0.2) is 14.7 Å². The third-order valence-corrected chi connectivity index (χ3v) is 6.16. The molecule has 0 spiro atoms. The van der Waals surface area contributed by atoms with Crippen LogP contribution in [0.25, 0.3) is 21.5 Å². The molecule has 2 nitrogen and oxygen atoms in total. The number of benzene rings is 4. The van der Waals surface area contributed by atoms with Crippen LogP contribution >= 0.6 is 22.4 Å². The van der Waals surface area contributed by atoms with Crippen LogP contribution in [0.2, 0.25) is 0 Å². The Kier molecular flexibility index (Phi) is 5.87. The quantitative estimate of drug-likeness (QED) is 0.291. The molecule has 0 bridgehead atoms. The molecule has 4 aromatic rings. The average molecular weight is 401 g/mol. The lowest BCUT2D eigenvalue weighted by Crippen LogP contribution is -1.91. The summed E-state index contributed by atoms with van der Waals surface area (Å²) in [6.45, 7) is 0. The number of fused-ring (bicyclic) bond motifs is 2. The Morgan fingerprint density at radius 2 is 1.19 bits per heavy atom. The zero-order valence-electron chi connectivity index (χ0n) is 14.1. The fourth-order valence-corrected chi connectivity index (χ4v) is 4.50. The van der Waals surface area contributed by atoms with Gasteiger partial charge in [-0.05, 0) is 34.5 Å². The van der Waals surface area contributed by atoms with Gasteiger partial charge in [0.1, 0.15) is 0 Å². The van der Waals surface area contributed by atoms with E-state index in [1.165, 1.54) is 21.7 Å². The molecule has 4 aromatic carbocycles. The van der Waals surface area contributed by atoms with Crippen molar-refractivity contribution in [2.45, 2.75) is 9.79 Å². The van der Waals surface area contributed by atoms with Crippen molar-refractivity contribution in [2.75, 3.05) is 6.26 Å². The molecular formula is C21H17ClO2S2. The summed E-state index contributed by atoms with van der Waals surface area (Å²) < 4.78 is 22.4. The molecule has 0 aromatic heterocycles. The molecule has 0 radical (unpaired) electrons. The van der Waals surface area contributed by atoms with E-state index in [2.05, 4.69) is 48.7 Å². The zero-order chi connectivity index (χ0) is 18.6. The molecule has 0 unspecified atom stereocenters. The third-order valence-electron chi connectivity index (χ3n) is 3.98. The standard InChI is InChI=1S/C11H10S.C10H7ClO2S/c1-12-11-8-4-6-9-5-2-3-7-10(9)11;11-14(12,13)10-7-3-5-8-4-1-2-6-9(8)10/h2-8H,1H3;1-7H. The maximum atomic E-state index is 11.2. The first-order chi connectivity index (χ1) is 12.5. The number of rotatable bonds is 2. The summed E-state index contributed by atoms with van der Waals surface area (Å²) in [5.41, 5.74) is 0. The van der Waals surface area contributed by atoms with Crippen LogP contribution in [-0.2, 0) is 9.05 Å². The first-order valence-electron chi connectivity index (χ1n) is 7.95. The molecule has 0 aliphatic heterocycles. The predicted octanol–water partition coefficient (Wildman–Crippen LogP) is 6.33. The Balaban J connectivity index is 0.000000152. The molecule has 0 amide bonds. The second-order valence-corrected chi connectivity index (χ2v) is 8.98. The maximum absolute atomic E-state index is 11.2. The van der Waals surface area contributed by atoms with E-state index in [4.69, 9.17) is 10.7 Å². The lowest BCUT2D eigenvalue weighted by atomic mass is 10.1. The molecule has 0 fully saturated rings. The molecule has 4 rings (SSSR count). The van der Waals surface area contributed by atoms with E-state index in [9.17, 15) is 8.42 Å². The van der Waals surface area contributed by atoms with E-state index in [1.54, 1.807) is 30.0 Å². The highest BCUT2D eigenvalue weighted by atomic mass is 35.7. The third kappa shape index (κ3) is 4.21. The molecule has 0 aliphatic carbocycles. The van der Waals surface area contributed by atoms with Crippen LogP contribution < -0.4 is 0 Å². The minimum Gasteiger partial charge on any atom is -0.207 e. The largest absolute Gasteiger partial charge is 0.261 e. The highest BCUT2D eigenvalue weighted by molar-refractivity contribution is 8.14. The second-order valence-electron chi connectivity index (χ2n) is 5.60. The van der Waals surface area contributed by atoms with Crippen LogP contribution in [0.3, 0.4) is 0 Å². The van der Waals surface area contributed by atoms with Gasteiger partial charge in [0.05, 0.1) is 4.90 Å². The molecule has 0 saturated carbocycles. The summed E-state index contributed by atoms with van der Waals surface area (Å²) in [4.78, 5) is 1.52. The Bertz CT molecular complexity index is 1140. The fraction of sp³-hybridized carbons (Fsp3) is 0.0476. The normalized spacial score (nSPS) is 11.2. The van der Waals surface area contributed by atoms with Gasteiger partial charge in [-0.2, -0.15) is 0 Å². The van der Waals surface area contributed by atoms with Crippen LogP contribution in [0, 0.1) is 0 Å². The van der Waals surface area contributed by atoms with Crippen LogP contribution in [0.4, 0.5) is 0 Å². The molecule has 0 aliphatic rings. The lowest BCUT2D eigenvalue weighted by Gasteiger charge is -2.01. The van der Waals surface area contributed by atoms with Crippen molar-refractivity contribution in [1.82, 2.24) is 0 Å². The average Bonchev–Trinajstić information content (AvgIpc) is 2.67. The molecule has 26 heavy (non-hydrogen) atoms. The van der Waals surface area contributed by atoms with E-state index >= 15 is 0 Å². The molecule has 0 N–H and O–H groups in total. The van der Waals surface area contributed by atoms with E-state index in [0.717, 1.165) is 5.39 Å². The van der Waals surface area contributed by atoms with Gasteiger partial charge in [0.2, 0.25) is 0 Å². The molecule has 0 atom stereocenters. The Hall–Kier alpha value is -2.01. The van der Waals surface area contributed by atoms with Gasteiger partial charge in [0.25, 0.3) is 9.05 Å². The Morgan fingerprint density at radius 1 is 0.692 bits per heavy atom. The number of hydrogen-bond donors (Lipinski definition) is 0. The van der Waals surface area contributed by atoms with Gasteiger partial charge in [-0.3, -0.25) is 0 Å². The monoisotopic (exact) mass is 400 g/mol. The van der Waals surface area contributed by atoms with Gasteiger partial charge in [0.15, 0.2) is 0 Å². The first kappa shape index (κ1) is 18.8. The maximum Gasteiger partial charge on any atom is 0.261 e. The predicted molar refractivity (Wildman–Crippen MR) is 113 cm³/mol. The van der Waals surface area contributed by atoms with Crippen molar-refractivity contribution in [3.05, 3.63) is 84.9 Å². The van der Waals surface area contributed by atoms with Crippen molar-refractivity contribution < 1.29 is 8.42 Å². The minimum atomic E-state index is -3.66. The first-order valence-corrected chi connectivity index (χ1v) is 11.5. The van der Waals surface area contributed by atoms with Crippen molar-refractivity contribution in [3.63, 3.8) is 0 Å². The minimum absolute atomic E-state index is 0.164. The van der Waals surface area contributed by atoms with Crippen LogP contribution in [0.5, 0.6) is 0 Å². The zero-order valence-corrected chi connectivity index (χ0v) is 16.5. The van der Waals surface area contributed by atoms with Crippen molar-refractivity contribution in [3.8, 4) is 0 Å². The summed E-state index contributed by atoms with van der Waals surface area (Å²) in [6, 6.07) is 27.1. The summed E-state index contributed by atoms with van der Waals surface area (Å²) in [5, 5.41) is 4.20. The van der Waals surface area contributed by atoms with Crippen molar-refractivity contribution in [2.24, 2.45) is 0 Å². The Labute approximate surface area is 162 Å². The van der Waals surface area contributed by atoms with Gasteiger partial charge in [-0.25, -0.2) is 8.42 Å². The smallest absolute Gasteiger partial charge is 0.207 e. The number of hydrogen-bond acceptors (Lipinski definition) is 3. The van der Waals surface area contributed by atoms with E-state index in [1.807, 2.05) is 18.2 Å². The topological polar surface area (TPSA) is 34.1 Å². The molecule has 5 heteroatoms. The van der Waals surface area contributed by atoms with Gasteiger partial charge in [-0.15, -0.1) is 11.8 Å². The number of thioether (sulfide) groups is 1. The van der Waals surface area contributed by atoms with Crippen LogP contribution in [0.15, 0.2) is 94.7 Å². The summed E-state index contributed by atoms with van der Waals surface area (Å²) in [6.07, 6.45) is 2.11. The van der Waals surface area contributed by atoms with Crippen molar-refractivity contribution >= 4 is 53.0 Å². The molecule has 0 saturated heterocycles. The SMILES string of the molecule is CSc1cccc2ccccc12.O=S(=O)(Cl)c1cccc2ccccc12. The summed E-state index contributed by atoms with van der Waals surface area (Å²) >= 11 is 1.80. The molecular weight excluding hydrogens is 384 g/mol. The lowest BCUT2D eigenvalue weighted by molar-refractivity contribution is 0.610. The summed E-state index contributed by atoms with van der Waals surface area (Å²) in [5.74, 6) is 0. The summed E-state index contributed by atoms with van der Waals surface area (Å²) in [7, 11) is 1.65. The highest BCUT2D eigenvalue weighted by Gasteiger charge is 2.12. The molecule has 0 heterocycles. The fourth-order valence-electron chi connectivity index (χ4n) is 2.78. The Morgan fingerprint density at radius 3 is 1.81 bits per heavy atom. The second kappa shape index (κ2) is 8.12. The molecule has 132 valence electrons. The number of halogens is 1. The van der Waals surface area contributed by atoms with Gasteiger partial charge in [0, 0.05) is 21.0 Å². The van der Waals surface area contributed by atoms with E-state index in [0.29, 0.717) is 5.39 Å². The van der Waals surface area contributed by atoms with Crippen LogP contribution in [0.1, 0.15) is 0 Å².